The number of alkyl halides is 3. The molecule has 0 spiro atoms. The first-order chi connectivity index (χ1) is 15.5. The number of hydrogen-bond donors (Lipinski definition) is 2. The molecule has 1 amide bonds. The van der Waals surface area contributed by atoms with Gasteiger partial charge in [0.1, 0.15) is 11.3 Å². The van der Waals surface area contributed by atoms with Gasteiger partial charge < -0.3 is 16.0 Å². The average Bonchev–Trinajstić information content (AvgIpc) is 3.16. The van der Waals surface area contributed by atoms with E-state index in [0.29, 0.717) is 42.8 Å². The molecule has 2 aromatic rings. The van der Waals surface area contributed by atoms with Crippen LogP contribution < -0.4 is 11.1 Å². The summed E-state index contributed by atoms with van der Waals surface area (Å²) in [5.74, 6) is -1.51. The van der Waals surface area contributed by atoms with E-state index in [1.54, 1.807) is 0 Å². The molecule has 0 bridgehead atoms. The summed E-state index contributed by atoms with van der Waals surface area (Å²) >= 11 is 0.973. The molecule has 176 valence electrons. The minimum atomic E-state index is -4.73. The maximum absolute atomic E-state index is 13.0. The van der Waals surface area contributed by atoms with Gasteiger partial charge in [-0.15, -0.1) is 0 Å². The molecule has 2 aliphatic rings. The van der Waals surface area contributed by atoms with E-state index in [2.05, 4.69) is 15.3 Å². The van der Waals surface area contributed by atoms with E-state index in [4.69, 9.17) is 5.73 Å². The van der Waals surface area contributed by atoms with Gasteiger partial charge in [0.2, 0.25) is 10.0 Å². The summed E-state index contributed by atoms with van der Waals surface area (Å²) in [7, 11) is -1.81. The largest absolute Gasteiger partial charge is 0.433 e. The fourth-order valence-corrected chi connectivity index (χ4v) is 5.97. The Morgan fingerprint density at radius 1 is 1.18 bits per heavy atom. The molecule has 3 heterocycles. The third-order valence-electron chi connectivity index (χ3n) is 5.16. The summed E-state index contributed by atoms with van der Waals surface area (Å²) in [6, 6.07) is 5.11. The second-order valence-corrected chi connectivity index (χ2v) is 10.4. The first-order valence-corrected chi connectivity index (χ1v) is 11.9. The number of aromatic nitrogens is 2. The fraction of sp³-hybridized carbons (Fsp3) is 0.316. The number of nitrogens with one attached hydrogen (secondary N) is 1. The van der Waals surface area contributed by atoms with Crippen LogP contribution in [0.2, 0.25) is 0 Å². The van der Waals surface area contributed by atoms with Crippen LogP contribution >= 0.6 is 11.8 Å². The Hall–Kier alpha value is -2.68. The molecule has 33 heavy (non-hydrogen) atoms. The number of anilines is 1. The van der Waals surface area contributed by atoms with Gasteiger partial charge in [0, 0.05) is 37.3 Å². The Morgan fingerprint density at radius 2 is 1.88 bits per heavy atom. The summed E-state index contributed by atoms with van der Waals surface area (Å²) in [6.07, 6.45) is -3.83. The van der Waals surface area contributed by atoms with Crippen molar-refractivity contribution < 1.29 is 26.4 Å². The molecule has 3 N–H and O–H groups in total. The highest BCUT2D eigenvalue weighted by atomic mass is 32.2. The molecule has 1 fully saturated rings. The van der Waals surface area contributed by atoms with Crippen LogP contribution in [-0.4, -0.2) is 66.7 Å². The fourth-order valence-electron chi connectivity index (χ4n) is 3.36. The molecule has 2 aliphatic heterocycles. The predicted octanol–water partition coefficient (Wildman–Crippen LogP) is 1.80. The molecule has 1 aromatic heterocycles. The van der Waals surface area contributed by atoms with Gasteiger partial charge in [-0.1, -0.05) is 11.8 Å². The number of benzene rings is 1. The van der Waals surface area contributed by atoms with Gasteiger partial charge in [0.25, 0.3) is 5.91 Å². The van der Waals surface area contributed by atoms with E-state index in [1.165, 1.54) is 22.5 Å². The maximum Gasteiger partial charge on any atom is 0.433 e. The predicted molar refractivity (Wildman–Crippen MR) is 115 cm³/mol. The second kappa shape index (κ2) is 8.59. The van der Waals surface area contributed by atoms with E-state index in [9.17, 15) is 26.4 Å². The van der Waals surface area contributed by atoms with Crippen LogP contribution in [0.5, 0.6) is 0 Å². The lowest BCUT2D eigenvalue weighted by Gasteiger charge is -2.31. The van der Waals surface area contributed by atoms with Crippen LogP contribution in [0.3, 0.4) is 0 Å². The van der Waals surface area contributed by atoms with E-state index < -0.39 is 33.6 Å². The molecule has 0 aliphatic carbocycles. The molecular weight excluding hydrogens is 481 g/mol. The quantitative estimate of drug-likeness (QED) is 0.610. The molecule has 4 rings (SSSR count). The minimum Gasteiger partial charge on any atom is -0.365 e. The number of halogens is 3. The average molecular weight is 501 g/mol. The van der Waals surface area contributed by atoms with Crippen molar-refractivity contribution in [3.8, 4) is 0 Å². The molecule has 1 aromatic carbocycles. The van der Waals surface area contributed by atoms with Crippen LogP contribution in [0, 0.1) is 0 Å². The number of thioether (sulfide) groups is 1. The lowest BCUT2D eigenvalue weighted by molar-refractivity contribution is -0.141. The van der Waals surface area contributed by atoms with Crippen LogP contribution in [0.15, 0.2) is 45.3 Å². The molecule has 14 heteroatoms. The molecule has 0 radical (unpaired) electrons. The first-order valence-electron chi connectivity index (χ1n) is 9.69. The number of piperazine rings is 1. The standard InChI is InChI=1S/C19H19F3N6O3S2/c1-27-6-8-28(9-7-27)33(30,31)11-2-3-12-13(10-11)32-18(25-12)15(16(23)29)17-24-5-4-14(26-17)19(20,21)22/h2-5,10,25H,6-9H2,1H3,(H2,23,29)/b18-15-. The topological polar surface area (TPSA) is 122 Å². The number of likely N-dealkylation sites (N-methyl/N-ethyl adjacent to an activating group) is 1. The van der Waals surface area contributed by atoms with E-state index in [0.717, 1.165) is 18.0 Å². The monoisotopic (exact) mass is 500 g/mol. The van der Waals surface area contributed by atoms with Gasteiger partial charge in [-0.05, 0) is 31.3 Å². The number of nitrogens with zero attached hydrogens (tertiary/aromatic N) is 4. The van der Waals surface area contributed by atoms with Gasteiger partial charge >= 0.3 is 6.18 Å². The summed E-state index contributed by atoms with van der Waals surface area (Å²) in [4.78, 5) is 21.9. The highest BCUT2D eigenvalue weighted by molar-refractivity contribution is 8.04. The van der Waals surface area contributed by atoms with Crippen LogP contribution in [0.25, 0.3) is 5.57 Å². The third kappa shape index (κ3) is 4.69. The van der Waals surface area contributed by atoms with Crippen LogP contribution in [-0.2, 0) is 21.0 Å². The van der Waals surface area contributed by atoms with Crippen molar-refractivity contribution in [2.45, 2.75) is 16.0 Å². The summed E-state index contributed by atoms with van der Waals surface area (Å²) in [5.41, 5.74) is 4.37. The number of carbonyl (C=O) groups is 1. The molecular formula is C19H19F3N6O3S2. The number of amides is 1. The van der Waals surface area contributed by atoms with Crippen molar-refractivity contribution in [1.29, 1.82) is 0 Å². The van der Waals surface area contributed by atoms with Crippen molar-refractivity contribution in [2.24, 2.45) is 5.73 Å². The Balaban J connectivity index is 1.67. The SMILES string of the molecule is CN1CCN(S(=O)(=O)c2ccc3c(c2)S/C(=C(/C(N)=O)c2nccc(C(F)(F)F)n2)N3)CC1. The molecule has 1 saturated heterocycles. The Bertz CT molecular complexity index is 1240. The zero-order valence-electron chi connectivity index (χ0n) is 17.3. The number of nitrogens with two attached hydrogens (primary N) is 1. The molecule has 0 saturated carbocycles. The van der Waals surface area contributed by atoms with Crippen molar-refractivity contribution >= 4 is 39.0 Å². The van der Waals surface area contributed by atoms with Gasteiger partial charge in [0.15, 0.2) is 5.82 Å². The van der Waals surface area contributed by atoms with Gasteiger partial charge in [0.05, 0.1) is 15.6 Å². The lowest BCUT2D eigenvalue weighted by Crippen LogP contribution is -2.47. The first kappa shape index (κ1) is 23.5. The van der Waals surface area contributed by atoms with Crippen LogP contribution in [0.1, 0.15) is 11.5 Å². The van der Waals surface area contributed by atoms with E-state index in [-0.39, 0.29) is 15.5 Å². The Morgan fingerprint density at radius 3 is 2.52 bits per heavy atom. The summed E-state index contributed by atoms with van der Waals surface area (Å²) in [5, 5.41) is 3.02. The normalized spacial score (nSPS) is 19.2. The van der Waals surface area contributed by atoms with Crippen molar-refractivity contribution in [1.82, 2.24) is 19.2 Å². The van der Waals surface area contributed by atoms with E-state index >= 15 is 0 Å². The number of sulfonamides is 1. The smallest absolute Gasteiger partial charge is 0.365 e. The number of rotatable bonds is 4. The van der Waals surface area contributed by atoms with E-state index in [1.807, 2.05) is 11.9 Å². The number of hydrogen-bond acceptors (Lipinski definition) is 8. The maximum atomic E-state index is 13.0. The van der Waals surface area contributed by atoms with Crippen LogP contribution in [0.4, 0.5) is 18.9 Å². The van der Waals surface area contributed by atoms with Crippen molar-refractivity contribution in [2.75, 3.05) is 38.5 Å². The third-order valence-corrected chi connectivity index (χ3v) is 8.12. The molecule has 0 atom stereocenters. The highest BCUT2D eigenvalue weighted by Gasteiger charge is 2.35. The van der Waals surface area contributed by atoms with Gasteiger partial charge in [-0.25, -0.2) is 18.4 Å². The zero-order chi connectivity index (χ0) is 24.0. The minimum absolute atomic E-state index is 0.0808. The lowest BCUT2D eigenvalue weighted by atomic mass is 10.2. The Labute approximate surface area is 191 Å². The molecule has 0 unspecified atom stereocenters. The number of fused-ring (bicyclic) bond motifs is 1. The summed E-state index contributed by atoms with van der Waals surface area (Å²) in [6.45, 7) is 1.97. The van der Waals surface area contributed by atoms with Gasteiger partial charge in [-0.2, -0.15) is 17.5 Å². The van der Waals surface area contributed by atoms with Gasteiger partial charge in [-0.3, -0.25) is 4.79 Å². The zero-order valence-corrected chi connectivity index (χ0v) is 18.9. The Kier molecular flexibility index (Phi) is 6.11. The van der Waals surface area contributed by atoms with Crippen molar-refractivity contribution in [3.05, 3.63) is 47.0 Å². The highest BCUT2D eigenvalue weighted by Crippen LogP contribution is 2.45. The number of primary amides is 1. The molecule has 9 nitrogen and oxygen atoms in total. The summed E-state index contributed by atoms with van der Waals surface area (Å²) < 4.78 is 66.6. The number of carbonyl (C=O) groups excluding carboxylic acids is 1. The second-order valence-electron chi connectivity index (χ2n) is 7.42. The van der Waals surface area contributed by atoms with Crippen molar-refractivity contribution in [3.63, 3.8) is 0 Å².